The zero-order valence-electron chi connectivity index (χ0n) is 11.9. The van der Waals surface area contributed by atoms with Gasteiger partial charge in [0.25, 0.3) is 0 Å². The second-order valence-electron chi connectivity index (χ2n) is 4.43. The number of carboxylic acids is 1. The monoisotopic (exact) mass is 321 g/mol. The normalized spacial score (nSPS) is 11.9. The molecule has 0 aliphatic rings. The molecule has 0 aliphatic heterocycles. The van der Waals surface area contributed by atoms with Crippen molar-refractivity contribution in [2.75, 3.05) is 13.7 Å². The van der Waals surface area contributed by atoms with Gasteiger partial charge in [-0.15, -0.1) is 11.3 Å². The summed E-state index contributed by atoms with van der Waals surface area (Å²) in [5, 5.41) is 13.9. The maximum absolute atomic E-state index is 11.8. The Morgan fingerprint density at radius 3 is 2.95 bits per heavy atom. The molecule has 1 atom stereocenters. The van der Waals surface area contributed by atoms with E-state index >= 15 is 0 Å². The summed E-state index contributed by atoms with van der Waals surface area (Å²) in [6, 6.07) is 3.71. The van der Waals surface area contributed by atoms with E-state index in [0.29, 0.717) is 5.69 Å². The zero-order valence-corrected chi connectivity index (χ0v) is 12.7. The largest absolute Gasteiger partial charge is 0.479 e. The molecule has 0 fully saturated rings. The van der Waals surface area contributed by atoms with Crippen molar-refractivity contribution < 1.29 is 19.4 Å². The maximum atomic E-state index is 11.8. The Labute approximate surface area is 131 Å². The van der Waals surface area contributed by atoms with Gasteiger partial charge in [-0.2, -0.15) is 0 Å². The molecule has 2 heterocycles. The average molecular weight is 321 g/mol. The highest BCUT2D eigenvalue weighted by molar-refractivity contribution is 7.13. The third-order valence-electron chi connectivity index (χ3n) is 2.85. The topological polar surface area (TPSA) is 101 Å². The Morgan fingerprint density at radius 1 is 1.50 bits per heavy atom. The van der Waals surface area contributed by atoms with Crippen LogP contribution in [0.15, 0.2) is 29.9 Å². The van der Waals surface area contributed by atoms with Crippen LogP contribution in [0.3, 0.4) is 0 Å². The lowest BCUT2D eigenvalue weighted by atomic mass is 10.3. The first kappa shape index (κ1) is 16.1. The van der Waals surface area contributed by atoms with Crippen molar-refractivity contribution in [1.82, 2.24) is 15.3 Å². The average Bonchev–Trinajstić information content (AvgIpc) is 2.97. The van der Waals surface area contributed by atoms with Crippen molar-refractivity contribution in [3.63, 3.8) is 0 Å². The van der Waals surface area contributed by atoms with Gasteiger partial charge >= 0.3 is 5.97 Å². The smallest absolute Gasteiger partial charge is 0.334 e. The van der Waals surface area contributed by atoms with Crippen LogP contribution in [0.25, 0.3) is 10.6 Å². The summed E-state index contributed by atoms with van der Waals surface area (Å²) >= 11 is 1.43. The number of aliphatic carboxylic acids is 1. The fraction of sp³-hybridized carbons (Fsp3) is 0.286. The summed E-state index contributed by atoms with van der Waals surface area (Å²) in [4.78, 5) is 31.0. The van der Waals surface area contributed by atoms with Crippen LogP contribution in [0.1, 0.15) is 5.69 Å². The Hall–Kier alpha value is -2.32. The molecule has 7 nitrogen and oxygen atoms in total. The number of hydrogen-bond acceptors (Lipinski definition) is 6. The molecule has 0 saturated heterocycles. The summed E-state index contributed by atoms with van der Waals surface area (Å²) in [7, 11) is 1.28. The van der Waals surface area contributed by atoms with Crippen molar-refractivity contribution in [3.8, 4) is 10.6 Å². The quantitative estimate of drug-likeness (QED) is 0.788. The van der Waals surface area contributed by atoms with E-state index in [-0.39, 0.29) is 18.9 Å². The fourth-order valence-corrected chi connectivity index (χ4v) is 2.53. The highest BCUT2D eigenvalue weighted by Gasteiger charge is 2.17. The van der Waals surface area contributed by atoms with E-state index in [1.54, 1.807) is 17.8 Å². The molecule has 2 aromatic heterocycles. The Morgan fingerprint density at radius 2 is 2.32 bits per heavy atom. The number of hydrogen-bond donors (Lipinski definition) is 2. The van der Waals surface area contributed by atoms with E-state index in [2.05, 4.69) is 15.3 Å². The third-order valence-corrected chi connectivity index (χ3v) is 3.79. The number of thiazole rings is 1. The lowest BCUT2D eigenvalue weighted by Gasteiger charge is -2.10. The minimum absolute atomic E-state index is 0.0791. The molecule has 0 bridgehead atoms. The number of nitrogens with zero attached hydrogens (tertiary/aromatic N) is 2. The molecule has 0 radical (unpaired) electrons. The van der Waals surface area contributed by atoms with E-state index in [1.807, 2.05) is 12.1 Å². The van der Waals surface area contributed by atoms with Crippen molar-refractivity contribution >= 4 is 23.2 Å². The lowest BCUT2D eigenvalue weighted by molar-refractivity contribution is -0.148. The molecular formula is C14H15N3O4S. The number of nitrogens with one attached hydrogen (secondary N) is 1. The van der Waals surface area contributed by atoms with Gasteiger partial charge in [0.15, 0.2) is 6.10 Å². The lowest BCUT2D eigenvalue weighted by Crippen LogP contribution is -2.38. The number of carbonyl (C=O) groups excluding carboxylic acids is 1. The highest BCUT2D eigenvalue weighted by atomic mass is 32.1. The number of carbonyl (C=O) groups is 2. The van der Waals surface area contributed by atoms with Gasteiger partial charge in [0.2, 0.25) is 5.91 Å². The number of rotatable bonds is 7. The first-order chi connectivity index (χ1) is 10.6. The minimum atomic E-state index is -1.12. The van der Waals surface area contributed by atoms with Gasteiger partial charge in [-0.3, -0.25) is 9.78 Å². The van der Waals surface area contributed by atoms with Gasteiger partial charge in [-0.1, -0.05) is 0 Å². The number of carboxylic acid groups (broad SMARTS) is 1. The van der Waals surface area contributed by atoms with Crippen molar-refractivity contribution in [1.29, 1.82) is 0 Å². The van der Waals surface area contributed by atoms with Crippen LogP contribution in [-0.4, -0.2) is 46.7 Å². The molecule has 1 unspecified atom stereocenters. The molecule has 0 aromatic carbocycles. The summed E-state index contributed by atoms with van der Waals surface area (Å²) in [5.41, 5.74) is 1.52. The second-order valence-corrected chi connectivity index (χ2v) is 5.29. The van der Waals surface area contributed by atoms with Crippen LogP contribution in [0.2, 0.25) is 0 Å². The molecule has 0 aliphatic carbocycles. The van der Waals surface area contributed by atoms with E-state index in [0.717, 1.165) is 10.6 Å². The second kappa shape index (κ2) is 7.62. The van der Waals surface area contributed by atoms with Crippen LogP contribution >= 0.6 is 11.3 Å². The number of amides is 1. The predicted molar refractivity (Wildman–Crippen MR) is 80.5 cm³/mol. The molecule has 22 heavy (non-hydrogen) atoms. The highest BCUT2D eigenvalue weighted by Crippen LogP contribution is 2.22. The minimum Gasteiger partial charge on any atom is -0.479 e. The predicted octanol–water partition coefficient (Wildman–Crippen LogP) is 0.963. The molecule has 0 saturated carbocycles. The summed E-state index contributed by atoms with van der Waals surface area (Å²) in [6.07, 6.45) is 2.43. The molecular weight excluding hydrogens is 306 g/mol. The number of aromatic nitrogens is 2. The Bertz CT molecular complexity index is 645. The Kier molecular flexibility index (Phi) is 5.56. The standard InChI is InChI=1S/C14H15N3O4S/c1-21-11(14(19)20)7-16-12(18)5-10-8-22-13(17-10)9-3-2-4-15-6-9/h2-4,6,8,11H,5,7H2,1H3,(H,16,18)(H,19,20). The molecule has 2 aromatic rings. The summed E-state index contributed by atoms with van der Waals surface area (Å²) in [5.74, 6) is -1.42. The molecule has 1 amide bonds. The number of methoxy groups -OCH3 is 1. The van der Waals surface area contributed by atoms with Gasteiger partial charge in [-0.05, 0) is 12.1 Å². The van der Waals surface area contributed by atoms with Gasteiger partial charge in [0.05, 0.1) is 18.7 Å². The molecule has 2 rings (SSSR count). The van der Waals surface area contributed by atoms with Crippen LogP contribution in [-0.2, 0) is 20.7 Å². The van der Waals surface area contributed by atoms with Crippen molar-refractivity contribution in [3.05, 3.63) is 35.6 Å². The van der Waals surface area contributed by atoms with Crippen molar-refractivity contribution in [2.24, 2.45) is 0 Å². The first-order valence-corrected chi connectivity index (χ1v) is 7.35. The fourth-order valence-electron chi connectivity index (χ4n) is 1.72. The van der Waals surface area contributed by atoms with E-state index in [1.165, 1.54) is 18.4 Å². The summed E-state index contributed by atoms with van der Waals surface area (Å²) in [6.45, 7) is -0.0791. The van der Waals surface area contributed by atoms with Crippen LogP contribution in [0, 0.1) is 0 Å². The van der Waals surface area contributed by atoms with E-state index < -0.39 is 12.1 Å². The molecule has 2 N–H and O–H groups in total. The van der Waals surface area contributed by atoms with E-state index in [4.69, 9.17) is 9.84 Å². The SMILES string of the molecule is COC(CNC(=O)Cc1csc(-c2cccnc2)n1)C(=O)O. The van der Waals surface area contributed by atoms with Crippen LogP contribution < -0.4 is 5.32 Å². The van der Waals surface area contributed by atoms with Crippen molar-refractivity contribution in [2.45, 2.75) is 12.5 Å². The third kappa shape index (κ3) is 4.34. The number of ether oxygens (including phenoxy) is 1. The molecule has 0 spiro atoms. The van der Waals surface area contributed by atoms with E-state index in [9.17, 15) is 9.59 Å². The molecule has 116 valence electrons. The van der Waals surface area contributed by atoms with Gasteiger partial charge < -0.3 is 15.2 Å². The zero-order chi connectivity index (χ0) is 15.9. The number of pyridine rings is 1. The van der Waals surface area contributed by atoms with Gasteiger partial charge in [-0.25, -0.2) is 9.78 Å². The van der Waals surface area contributed by atoms with Crippen LogP contribution in [0.4, 0.5) is 0 Å². The Balaban J connectivity index is 1.90. The van der Waals surface area contributed by atoms with Gasteiger partial charge in [0, 0.05) is 30.4 Å². The van der Waals surface area contributed by atoms with Gasteiger partial charge in [0.1, 0.15) is 5.01 Å². The summed E-state index contributed by atoms with van der Waals surface area (Å²) < 4.78 is 4.74. The first-order valence-electron chi connectivity index (χ1n) is 6.47. The maximum Gasteiger partial charge on any atom is 0.334 e. The molecule has 8 heteroatoms. The van der Waals surface area contributed by atoms with Crippen LogP contribution in [0.5, 0.6) is 0 Å².